The molecule has 0 spiro atoms. The predicted octanol–water partition coefficient (Wildman–Crippen LogP) is 2.69. The second-order valence-electron chi connectivity index (χ2n) is 4.02. The molecule has 2 rings (SSSR count). The number of carbonyl (C=O) groups excluding carboxylic acids is 1. The summed E-state index contributed by atoms with van der Waals surface area (Å²) >= 11 is 11.6. The van der Waals surface area contributed by atoms with Crippen LogP contribution in [0.2, 0.25) is 5.02 Å². The number of alkyl halides is 1. The number of halogens is 2. The van der Waals surface area contributed by atoms with Gasteiger partial charge in [-0.25, -0.2) is 4.99 Å². The van der Waals surface area contributed by atoms with Crippen molar-refractivity contribution in [1.82, 2.24) is 0 Å². The molecule has 0 bridgehead atoms. The van der Waals surface area contributed by atoms with Crippen LogP contribution in [0.25, 0.3) is 0 Å². The summed E-state index contributed by atoms with van der Waals surface area (Å²) in [5, 5.41) is 0.485. The lowest BCUT2D eigenvalue weighted by atomic mass is 10.2. The molecule has 2 N–H and O–H groups in total. The van der Waals surface area contributed by atoms with Gasteiger partial charge in [0.15, 0.2) is 0 Å². The zero-order valence-corrected chi connectivity index (χ0v) is 11.2. The van der Waals surface area contributed by atoms with E-state index in [0.29, 0.717) is 23.0 Å². The van der Waals surface area contributed by atoms with Crippen molar-refractivity contribution in [2.75, 3.05) is 17.3 Å². The van der Waals surface area contributed by atoms with Gasteiger partial charge in [-0.2, -0.15) is 0 Å². The Morgan fingerprint density at radius 1 is 1.50 bits per heavy atom. The van der Waals surface area contributed by atoms with Crippen molar-refractivity contribution in [2.45, 2.75) is 12.8 Å². The molecule has 1 aliphatic heterocycles. The van der Waals surface area contributed by atoms with E-state index in [9.17, 15) is 4.79 Å². The number of anilines is 1. The van der Waals surface area contributed by atoms with Crippen LogP contribution in [-0.4, -0.2) is 24.2 Å². The van der Waals surface area contributed by atoms with Crippen LogP contribution < -0.4 is 10.6 Å². The van der Waals surface area contributed by atoms with Crippen LogP contribution in [0.5, 0.6) is 0 Å². The molecule has 1 heterocycles. The van der Waals surface area contributed by atoms with Gasteiger partial charge >= 0.3 is 0 Å². The summed E-state index contributed by atoms with van der Waals surface area (Å²) in [6.07, 6.45) is 1.47. The molecule has 6 heteroatoms. The first-order valence-electron chi connectivity index (χ1n) is 5.60. The van der Waals surface area contributed by atoms with E-state index in [0.717, 1.165) is 18.7 Å². The van der Waals surface area contributed by atoms with Crippen LogP contribution in [-0.2, 0) is 4.79 Å². The van der Waals surface area contributed by atoms with Crippen LogP contribution >= 0.6 is 23.2 Å². The standard InChI is InChI=1S/C12H13Cl2N3O/c13-7-11(15)16-10-6-8(3-4-9(10)14)17-5-1-2-12(17)18/h3-4,6H,1-2,5,7H2,(H2,15,16). The Morgan fingerprint density at radius 3 is 2.89 bits per heavy atom. The molecule has 1 aromatic carbocycles. The van der Waals surface area contributed by atoms with E-state index in [-0.39, 0.29) is 11.8 Å². The summed E-state index contributed by atoms with van der Waals surface area (Å²) < 4.78 is 0. The number of nitrogens with two attached hydrogens (primary N) is 1. The van der Waals surface area contributed by atoms with Crippen molar-refractivity contribution in [1.29, 1.82) is 0 Å². The molecule has 0 radical (unpaired) electrons. The molecular weight excluding hydrogens is 273 g/mol. The van der Waals surface area contributed by atoms with Crippen LogP contribution in [0.15, 0.2) is 23.2 Å². The number of nitrogens with zero attached hydrogens (tertiary/aromatic N) is 2. The molecule has 1 saturated heterocycles. The van der Waals surface area contributed by atoms with E-state index in [1.807, 2.05) is 6.07 Å². The molecule has 18 heavy (non-hydrogen) atoms. The van der Waals surface area contributed by atoms with Crippen molar-refractivity contribution in [3.05, 3.63) is 23.2 Å². The Kier molecular flexibility index (Phi) is 4.09. The Balaban J connectivity index is 2.34. The Bertz CT molecular complexity index is 502. The van der Waals surface area contributed by atoms with Crippen molar-refractivity contribution < 1.29 is 4.79 Å². The maximum Gasteiger partial charge on any atom is 0.227 e. The highest BCUT2D eigenvalue weighted by molar-refractivity contribution is 6.33. The van der Waals surface area contributed by atoms with Crippen molar-refractivity contribution in [3.8, 4) is 0 Å². The fourth-order valence-corrected chi connectivity index (χ4v) is 2.08. The number of rotatable bonds is 3. The van der Waals surface area contributed by atoms with Gasteiger partial charge in [0, 0.05) is 18.7 Å². The van der Waals surface area contributed by atoms with Gasteiger partial charge < -0.3 is 10.6 Å². The van der Waals surface area contributed by atoms with Gasteiger partial charge in [-0.1, -0.05) is 11.6 Å². The number of hydrogen-bond donors (Lipinski definition) is 1. The molecule has 1 fully saturated rings. The van der Waals surface area contributed by atoms with E-state index in [4.69, 9.17) is 28.9 Å². The number of aliphatic imine (C=N–C) groups is 1. The molecule has 1 amide bonds. The van der Waals surface area contributed by atoms with E-state index >= 15 is 0 Å². The third kappa shape index (κ3) is 2.76. The van der Waals surface area contributed by atoms with Gasteiger partial charge in [0.2, 0.25) is 5.91 Å². The minimum Gasteiger partial charge on any atom is -0.386 e. The lowest BCUT2D eigenvalue weighted by Gasteiger charge is -2.16. The lowest BCUT2D eigenvalue weighted by Crippen LogP contribution is -2.23. The highest BCUT2D eigenvalue weighted by Gasteiger charge is 2.22. The van der Waals surface area contributed by atoms with E-state index in [1.165, 1.54) is 0 Å². The van der Waals surface area contributed by atoms with Crippen molar-refractivity contribution in [3.63, 3.8) is 0 Å². The Labute approximate surface area is 115 Å². The first-order chi connectivity index (χ1) is 8.61. The summed E-state index contributed by atoms with van der Waals surface area (Å²) in [5.74, 6) is 0.560. The number of amides is 1. The Morgan fingerprint density at radius 2 is 2.28 bits per heavy atom. The third-order valence-electron chi connectivity index (χ3n) is 2.72. The average molecular weight is 286 g/mol. The second kappa shape index (κ2) is 5.59. The van der Waals surface area contributed by atoms with Crippen molar-refractivity contribution in [2.24, 2.45) is 10.7 Å². The summed E-state index contributed by atoms with van der Waals surface area (Å²) in [6, 6.07) is 5.27. The first kappa shape index (κ1) is 13.2. The average Bonchev–Trinajstić information content (AvgIpc) is 2.78. The van der Waals surface area contributed by atoms with Gasteiger partial charge in [0.1, 0.15) is 5.84 Å². The topological polar surface area (TPSA) is 58.7 Å². The van der Waals surface area contributed by atoms with E-state index < -0.39 is 0 Å². The van der Waals surface area contributed by atoms with Crippen LogP contribution in [0.4, 0.5) is 11.4 Å². The summed E-state index contributed by atoms with van der Waals surface area (Å²) in [7, 11) is 0. The molecule has 1 aromatic rings. The predicted molar refractivity (Wildman–Crippen MR) is 75.0 cm³/mol. The first-order valence-corrected chi connectivity index (χ1v) is 6.52. The smallest absolute Gasteiger partial charge is 0.227 e. The number of benzene rings is 1. The molecule has 0 aliphatic carbocycles. The summed E-state index contributed by atoms with van der Waals surface area (Å²) in [5.41, 5.74) is 6.91. The molecule has 4 nitrogen and oxygen atoms in total. The third-order valence-corrected chi connectivity index (χ3v) is 3.31. The molecule has 0 saturated carbocycles. The fraction of sp³-hybridized carbons (Fsp3) is 0.333. The van der Waals surface area contributed by atoms with Gasteiger partial charge in [-0.15, -0.1) is 11.6 Å². The molecule has 0 aromatic heterocycles. The zero-order valence-electron chi connectivity index (χ0n) is 9.70. The second-order valence-corrected chi connectivity index (χ2v) is 4.70. The minimum absolute atomic E-state index is 0.123. The van der Waals surface area contributed by atoms with E-state index in [2.05, 4.69) is 4.99 Å². The SMILES string of the molecule is NC(CCl)=Nc1cc(N2CCCC2=O)ccc1Cl. The number of carbonyl (C=O) groups is 1. The zero-order chi connectivity index (χ0) is 13.1. The van der Waals surface area contributed by atoms with Crippen molar-refractivity contribution >= 4 is 46.3 Å². The highest BCUT2D eigenvalue weighted by atomic mass is 35.5. The quantitative estimate of drug-likeness (QED) is 0.527. The maximum absolute atomic E-state index is 11.7. The summed E-state index contributed by atoms with van der Waals surface area (Å²) in [4.78, 5) is 17.5. The Hall–Kier alpha value is -1.26. The van der Waals surface area contributed by atoms with Gasteiger partial charge in [0.05, 0.1) is 16.6 Å². The van der Waals surface area contributed by atoms with Gasteiger partial charge in [-0.05, 0) is 24.6 Å². The monoisotopic (exact) mass is 285 g/mol. The van der Waals surface area contributed by atoms with Crippen LogP contribution in [0.1, 0.15) is 12.8 Å². The van der Waals surface area contributed by atoms with Crippen LogP contribution in [0, 0.1) is 0 Å². The van der Waals surface area contributed by atoms with E-state index in [1.54, 1.807) is 17.0 Å². The highest BCUT2D eigenvalue weighted by Crippen LogP contribution is 2.31. The maximum atomic E-state index is 11.7. The normalized spacial score (nSPS) is 16.4. The van der Waals surface area contributed by atoms with Crippen LogP contribution in [0.3, 0.4) is 0 Å². The molecule has 96 valence electrons. The number of hydrogen-bond acceptors (Lipinski definition) is 2. The fourth-order valence-electron chi connectivity index (χ4n) is 1.86. The molecule has 1 aliphatic rings. The number of amidine groups is 1. The minimum atomic E-state index is 0.123. The molecular formula is C12H13Cl2N3O. The molecule has 0 atom stereocenters. The molecule has 0 unspecified atom stereocenters. The lowest BCUT2D eigenvalue weighted by molar-refractivity contribution is -0.117. The summed E-state index contributed by atoms with van der Waals surface area (Å²) in [6.45, 7) is 0.731. The van der Waals surface area contributed by atoms with Gasteiger partial charge in [0.25, 0.3) is 0 Å². The largest absolute Gasteiger partial charge is 0.386 e. The van der Waals surface area contributed by atoms with Gasteiger partial charge in [-0.3, -0.25) is 4.79 Å².